The minimum Gasteiger partial charge on any atom is -0.496 e. The topological polar surface area (TPSA) is 44.8 Å². The number of methoxy groups -OCH3 is 1. The van der Waals surface area contributed by atoms with Crippen molar-refractivity contribution in [3.8, 4) is 5.75 Å². The number of nitrogens with zero attached hydrogens (tertiary/aromatic N) is 2. The molecule has 1 saturated heterocycles. The van der Waals surface area contributed by atoms with Gasteiger partial charge in [0.25, 0.3) is 0 Å². The summed E-state index contributed by atoms with van der Waals surface area (Å²) >= 11 is 0. The lowest BCUT2D eigenvalue weighted by Crippen LogP contribution is -2.49. The van der Waals surface area contributed by atoms with Gasteiger partial charge in [0.15, 0.2) is 0 Å². The SMILES string of the molecule is COc1ccccc1CNC(=O)CN1CCN(CCc2ccccc2)CC1. The molecule has 2 aromatic rings. The van der Waals surface area contributed by atoms with Gasteiger partial charge < -0.3 is 15.0 Å². The van der Waals surface area contributed by atoms with Crippen LogP contribution in [0.2, 0.25) is 0 Å². The Balaban J connectivity index is 1.35. The molecule has 1 fully saturated rings. The minimum atomic E-state index is 0.0682. The first-order chi connectivity index (χ1) is 13.2. The Hall–Kier alpha value is -2.37. The maximum atomic E-state index is 12.3. The van der Waals surface area contributed by atoms with Crippen LogP contribution in [0.15, 0.2) is 54.6 Å². The average molecular weight is 367 g/mol. The van der Waals surface area contributed by atoms with Gasteiger partial charge in [-0.1, -0.05) is 48.5 Å². The number of ether oxygens (including phenoxy) is 1. The van der Waals surface area contributed by atoms with Crippen molar-refractivity contribution in [2.75, 3.05) is 46.4 Å². The third-order valence-electron chi connectivity index (χ3n) is 5.06. The summed E-state index contributed by atoms with van der Waals surface area (Å²) in [6.45, 7) is 5.96. The number of benzene rings is 2. The third kappa shape index (κ3) is 6.08. The molecular formula is C22H29N3O2. The first-order valence-electron chi connectivity index (χ1n) is 9.62. The van der Waals surface area contributed by atoms with Gasteiger partial charge in [0.05, 0.1) is 13.7 Å². The molecular weight excluding hydrogens is 338 g/mol. The van der Waals surface area contributed by atoms with Gasteiger partial charge in [0.1, 0.15) is 5.75 Å². The molecule has 1 aliphatic heterocycles. The lowest BCUT2D eigenvalue weighted by Gasteiger charge is -2.34. The van der Waals surface area contributed by atoms with Gasteiger partial charge in [0, 0.05) is 44.8 Å². The van der Waals surface area contributed by atoms with Crippen molar-refractivity contribution in [1.82, 2.24) is 15.1 Å². The molecule has 0 aromatic heterocycles. The van der Waals surface area contributed by atoms with Gasteiger partial charge in [-0.3, -0.25) is 9.69 Å². The van der Waals surface area contributed by atoms with E-state index in [-0.39, 0.29) is 5.91 Å². The molecule has 1 amide bonds. The van der Waals surface area contributed by atoms with E-state index in [1.165, 1.54) is 5.56 Å². The van der Waals surface area contributed by atoms with Crippen LogP contribution in [-0.4, -0.2) is 62.1 Å². The summed E-state index contributed by atoms with van der Waals surface area (Å²) in [6, 6.07) is 18.4. The molecule has 0 spiro atoms. The summed E-state index contributed by atoms with van der Waals surface area (Å²) in [5, 5.41) is 3.00. The van der Waals surface area contributed by atoms with Gasteiger partial charge in [0.2, 0.25) is 5.91 Å². The molecule has 1 aliphatic rings. The zero-order valence-corrected chi connectivity index (χ0v) is 16.1. The highest BCUT2D eigenvalue weighted by Crippen LogP contribution is 2.16. The molecule has 0 unspecified atom stereocenters. The van der Waals surface area contributed by atoms with E-state index >= 15 is 0 Å². The van der Waals surface area contributed by atoms with Crippen LogP contribution in [0.25, 0.3) is 0 Å². The molecule has 5 nitrogen and oxygen atoms in total. The summed E-state index contributed by atoms with van der Waals surface area (Å²) in [6.07, 6.45) is 1.08. The second kappa shape index (κ2) is 10.1. The maximum absolute atomic E-state index is 12.3. The summed E-state index contributed by atoms with van der Waals surface area (Å²) in [5.41, 5.74) is 2.38. The lowest BCUT2D eigenvalue weighted by molar-refractivity contribution is -0.122. The number of piperazine rings is 1. The predicted octanol–water partition coefficient (Wildman–Crippen LogP) is 2.17. The van der Waals surface area contributed by atoms with E-state index in [0.29, 0.717) is 13.1 Å². The Morgan fingerprint density at radius 3 is 2.37 bits per heavy atom. The van der Waals surface area contributed by atoms with E-state index in [1.807, 2.05) is 24.3 Å². The summed E-state index contributed by atoms with van der Waals surface area (Å²) in [5.74, 6) is 0.878. The zero-order chi connectivity index (χ0) is 18.9. The number of carbonyl (C=O) groups is 1. The number of rotatable bonds is 8. The minimum absolute atomic E-state index is 0.0682. The van der Waals surface area contributed by atoms with Gasteiger partial charge in [-0.05, 0) is 18.1 Å². The molecule has 1 heterocycles. The smallest absolute Gasteiger partial charge is 0.234 e. The monoisotopic (exact) mass is 367 g/mol. The number of hydrogen-bond donors (Lipinski definition) is 1. The molecule has 2 aromatic carbocycles. The summed E-state index contributed by atoms with van der Waals surface area (Å²) < 4.78 is 5.33. The zero-order valence-electron chi connectivity index (χ0n) is 16.1. The molecule has 27 heavy (non-hydrogen) atoms. The molecule has 0 bridgehead atoms. The Morgan fingerprint density at radius 2 is 1.63 bits per heavy atom. The Morgan fingerprint density at radius 1 is 0.963 bits per heavy atom. The Kier molecular flexibility index (Phi) is 7.25. The molecule has 3 rings (SSSR count). The largest absolute Gasteiger partial charge is 0.496 e. The number of para-hydroxylation sites is 1. The molecule has 144 valence electrons. The molecule has 0 saturated carbocycles. The van der Waals surface area contributed by atoms with Crippen LogP contribution in [0.1, 0.15) is 11.1 Å². The highest BCUT2D eigenvalue weighted by Gasteiger charge is 2.18. The number of carbonyl (C=O) groups excluding carboxylic acids is 1. The second-order valence-corrected chi connectivity index (χ2v) is 6.94. The van der Waals surface area contributed by atoms with Gasteiger partial charge in [-0.2, -0.15) is 0 Å². The molecule has 1 N–H and O–H groups in total. The van der Waals surface area contributed by atoms with Crippen molar-refractivity contribution in [2.45, 2.75) is 13.0 Å². The van der Waals surface area contributed by atoms with E-state index in [1.54, 1.807) is 7.11 Å². The fraction of sp³-hybridized carbons (Fsp3) is 0.409. The molecule has 0 atom stereocenters. The molecule has 0 radical (unpaired) electrons. The first kappa shape index (κ1) is 19.4. The van der Waals surface area contributed by atoms with Crippen LogP contribution in [0.5, 0.6) is 5.75 Å². The quantitative estimate of drug-likeness (QED) is 0.777. The van der Waals surface area contributed by atoms with Crippen molar-refractivity contribution in [3.05, 3.63) is 65.7 Å². The lowest BCUT2D eigenvalue weighted by atomic mass is 10.1. The fourth-order valence-electron chi connectivity index (χ4n) is 3.40. The summed E-state index contributed by atoms with van der Waals surface area (Å²) in [7, 11) is 1.65. The standard InChI is InChI=1S/C22H29N3O2/c1-27-21-10-6-5-9-20(21)17-23-22(26)18-25-15-13-24(14-16-25)12-11-19-7-3-2-4-8-19/h2-10H,11-18H2,1H3,(H,23,26). The second-order valence-electron chi connectivity index (χ2n) is 6.94. The number of hydrogen-bond acceptors (Lipinski definition) is 4. The summed E-state index contributed by atoms with van der Waals surface area (Å²) in [4.78, 5) is 17.0. The van der Waals surface area contributed by atoms with Crippen LogP contribution in [-0.2, 0) is 17.8 Å². The normalized spacial score (nSPS) is 15.4. The van der Waals surface area contributed by atoms with Gasteiger partial charge in [-0.15, -0.1) is 0 Å². The van der Waals surface area contributed by atoms with Crippen LogP contribution in [0, 0.1) is 0 Å². The van der Waals surface area contributed by atoms with E-state index in [4.69, 9.17) is 4.74 Å². The van der Waals surface area contributed by atoms with Gasteiger partial charge in [-0.25, -0.2) is 0 Å². The van der Waals surface area contributed by atoms with E-state index < -0.39 is 0 Å². The Labute approximate surface area is 161 Å². The van der Waals surface area contributed by atoms with Crippen LogP contribution < -0.4 is 10.1 Å². The van der Waals surface area contributed by atoms with Crippen molar-refractivity contribution in [1.29, 1.82) is 0 Å². The van der Waals surface area contributed by atoms with E-state index in [0.717, 1.165) is 50.5 Å². The van der Waals surface area contributed by atoms with E-state index in [9.17, 15) is 4.79 Å². The first-order valence-corrected chi connectivity index (χ1v) is 9.62. The van der Waals surface area contributed by atoms with Crippen molar-refractivity contribution in [2.24, 2.45) is 0 Å². The van der Waals surface area contributed by atoms with Crippen LogP contribution >= 0.6 is 0 Å². The maximum Gasteiger partial charge on any atom is 0.234 e. The predicted molar refractivity (Wildman–Crippen MR) is 108 cm³/mol. The Bertz CT molecular complexity index is 713. The highest BCUT2D eigenvalue weighted by atomic mass is 16.5. The highest BCUT2D eigenvalue weighted by molar-refractivity contribution is 5.78. The van der Waals surface area contributed by atoms with Crippen LogP contribution in [0.4, 0.5) is 0 Å². The van der Waals surface area contributed by atoms with Gasteiger partial charge >= 0.3 is 0 Å². The van der Waals surface area contributed by atoms with Crippen molar-refractivity contribution >= 4 is 5.91 Å². The third-order valence-corrected chi connectivity index (χ3v) is 5.06. The number of nitrogens with one attached hydrogen (secondary N) is 1. The van der Waals surface area contributed by atoms with E-state index in [2.05, 4.69) is 45.4 Å². The molecule has 0 aliphatic carbocycles. The number of amides is 1. The van der Waals surface area contributed by atoms with Crippen LogP contribution in [0.3, 0.4) is 0 Å². The van der Waals surface area contributed by atoms with Crippen molar-refractivity contribution < 1.29 is 9.53 Å². The fourth-order valence-corrected chi connectivity index (χ4v) is 3.40. The average Bonchev–Trinajstić information content (AvgIpc) is 2.72. The van der Waals surface area contributed by atoms with Crippen molar-refractivity contribution in [3.63, 3.8) is 0 Å². The molecule has 5 heteroatoms.